The summed E-state index contributed by atoms with van der Waals surface area (Å²) < 4.78 is 5.11. The molecule has 0 fully saturated rings. The lowest BCUT2D eigenvalue weighted by atomic mass is 10.2. The van der Waals surface area contributed by atoms with E-state index in [1.165, 1.54) is 0 Å². The van der Waals surface area contributed by atoms with E-state index in [2.05, 4.69) is 39.9 Å². The minimum atomic E-state index is 0.204. The normalized spacial score (nSPS) is 13.2. The molecule has 1 atom stereocenters. The standard InChI is InChI=1S/C9H15BrN2O/c1-3-5-6-8-11-9(13-12-8)7(10)4-2/h7H,3-6H2,1-2H3. The average molecular weight is 247 g/mol. The molecule has 0 aromatic carbocycles. The zero-order valence-electron chi connectivity index (χ0n) is 8.09. The van der Waals surface area contributed by atoms with Gasteiger partial charge in [0.2, 0.25) is 5.89 Å². The molecule has 0 N–H and O–H groups in total. The van der Waals surface area contributed by atoms with Gasteiger partial charge in [-0.3, -0.25) is 0 Å². The molecule has 0 aliphatic carbocycles. The van der Waals surface area contributed by atoms with Crippen LogP contribution in [-0.4, -0.2) is 10.1 Å². The minimum absolute atomic E-state index is 0.204. The molecule has 0 bridgehead atoms. The average Bonchev–Trinajstić information content (AvgIpc) is 2.62. The van der Waals surface area contributed by atoms with E-state index in [0.717, 1.165) is 31.5 Å². The highest BCUT2D eigenvalue weighted by molar-refractivity contribution is 9.09. The number of unbranched alkanes of at least 4 members (excludes halogenated alkanes) is 1. The number of alkyl halides is 1. The van der Waals surface area contributed by atoms with Crippen LogP contribution in [0, 0.1) is 0 Å². The van der Waals surface area contributed by atoms with Crippen molar-refractivity contribution in [2.24, 2.45) is 0 Å². The number of aromatic nitrogens is 2. The van der Waals surface area contributed by atoms with Gasteiger partial charge in [-0.2, -0.15) is 4.98 Å². The van der Waals surface area contributed by atoms with Crippen molar-refractivity contribution in [3.05, 3.63) is 11.7 Å². The van der Waals surface area contributed by atoms with Gasteiger partial charge in [-0.15, -0.1) is 0 Å². The highest BCUT2D eigenvalue weighted by atomic mass is 79.9. The van der Waals surface area contributed by atoms with E-state index in [-0.39, 0.29) is 4.83 Å². The highest BCUT2D eigenvalue weighted by Gasteiger charge is 2.12. The van der Waals surface area contributed by atoms with Crippen LogP contribution in [0.15, 0.2) is 4.52 Å². The van der Waals surface area contributed by atoms with E-state index in [4.69, 9.17) is 4.52 Å². The smallest absolute Gasteiger partial charge is 0.240 e. The van der Waals surface area contributed by atoms with Gasteiger partial charge in [-0.25, -0.2) is 0 Å². The van der Waals surface area contributed by atoms with Gasteiger partial charge in [-0.05, 0) is 12.8 Å². The number of halogens is 1. The van der Waals surface area contributed by atoms with E-state index in [9.17, 15) is 0 Å². The van der Waals surface area contributed by atoms with Crippen molar-refractivity contribution in [3.63, 3.8) is 0 Å². The highest BCUT2D eigenvalue weighted by Crippen LogP contribution is 2.24. The van der Waals surface area contributed by atoms with Gasteiger partial charge in [0.15, 0.2) is 5.82 Å². The van der Waals surface area contributed by atoms with Crippen molar-refractivity contribution in [1.29, 1.82) is 0 Å². The molecule has 0 saturated heterocycles. The largest absolute Gasteiger partial charge is 0.338 e. The Morgan fingerprint density at radius 3 is 2.85 bits per heavy atom. The van der Waals surface area contributed by atoms with Crippen LogP contribution in [0.2, 0.25) is 0 Å². The van der Waals surface area contributed by atoms with Crippen LogP contribution in [0.5, 0.6) is 0 Å². The molecule has 0 aliphatic heterocycles. The lowest BCUT2D eigenvalue weighted by Gasteiger charge is -1.96. The quantitative estimate of drug-likeness (QED) is 0.749. The van der Waals surface area contributed by atoms with Crippen molar-refractivity contribution in [1.82, 2.24) is 10.1 Å². The Morgan fingerprint density at radius 2 is 2.23 bits per heavy atom. The first-order valence-corrected chi connectivity index (χ1v) is 5.66. The van der Waals surface area contributed by atoms with Crippen LogP contribution < -0.4 is 0 Å². The Kier molecular flexibility index (Phi) is 4.42. The predicted molar refractivity (Wildman–Crippen MR) is 54.9 cm³/mol. The Balaban J connectivity index is 2.53. The molecule has 4 heteroatoms. The topological polar surface area (TPSA) is 38.9 Å². The molecule has 1 unspecified atom stereocenters. The van der Waals surface area contributed by atoms with Crippen LogP contribution >= 0.6 is 15.9 Å². The van der Waals surface area contributed by atoms with Gasteiger partial charge in [0.1, 0.15) is 0 Å². The lowest BCUT2D eigenvalue weighted by molar-refractivity contribution is 0.370. The Morgan fingerprint density at radius 1 is 1.46 bits per heavy atom. The third kappa shape index (κ3) is 3.10. The number of aryl methyl sites for hydroxylation is 1. The van der Waals surface area contributed by atoms with Crippen LogP contribution in [0.3, 0.4) is 0 Å². The van der Waals surface area contributed by atoms with Crippen LogP contribution in [-0.2, 0) is 6.42 Å². The summed E-state index contributed by atoms with van der Waals surface area (Å²) >= 11 is 3.47. The molecule has 0 amide bonds. The Hall–Kier alpha value is -0.380. The molecule has 1 heterocycles. The Bertz CT molecular complexity index is 250. The number of hydrogen-bond acceptors (Lipinski definition) is 3. The molecule has 1 aromatic rings. The van der Waals surface area contributed by atoms with Crippen LogP contribution in [0.1, 0.15) is 49.7 Å². The van der Waals surface area contributed by atoms with Crippen molar-refractivity contribution >= 4 is 15.9 Å². The van der Waals surface area contributed by atoms with E-state index in [1.54, 1.807) is 0 Å². The van der Waals surface area contributed by atoms with Crippen LogP contribution in [0.4, 0.5) is 0 Å². The molecule has 1 rings (SSSR count). The summed E-state index contributed by atoms with van der Waals surface area (Å²) in [5.41, 5.74) is 0. The van der Waals surface area contributed by atoms with Gasteiger partial charge < -0.3 is 4.52 Å². The monoisotopic (exact) mass is 246 g/mol. The second-order valence-corrected chi connectivity index (χ2v) is 4.13. The second-order valence-electron chi connectivity index (χ2n) is 3.03. The van der Waals surface area contributed by atoms with Crippen molar-refractivity contribution < 1.29 is 4.52 Å². The maximum absolute atomic E-state index is 5.11. The van der Waals surface area contributed by atoms with Crippen molar-refractivity contribution in [3.8, 4) is 0 Å². The van der Waals surface area contributed by atoms with Gasteiger partial charge in [0.25, 0.3) is 0 Å². The van der Waals surface area contributed by atoms with Gasteiger partial charge in [-0.1, -0.05) is 41.4 Å². The molecule has 13 heavy (non-hydrogen) atoms. The van der Waals surface area contributed by atoms with Gasteiger partial charge in [0.05, 0.1) is 4.83 Å². The van der Waals surface area contributed by atoms with E-state index < -0.39 is 0 Å². The van der Waals surface area contributed by atoms with Gasteiger partial charge in [0, 0.05) is 6.42 Å². The zero-order valence-corrected chi connectivity index (χ0v) is 9.67. The first-order chi connectivity index (χ1) is 6.27. The fourth-order valence-electron chi connectivity index (χ4n) is 1.01. The molecule has 3 nitrogen and oxygen atoms in total. The summed E-state index contributed by atoms with van der Waals surface area (Å²) in [7, 11) is 0. The maximum atomic E-state index is 5.11. The minimum Gasteiger partial charge on any atom is -0.338 e. The maximum Gasteiger partial charge on any atom is 0.240 e. The fourth-order valence-corrected chi connectivity index (χ4v) is 1.19. The molecule has 0 saturated carbocycles. The van der Waals surface area contributed by atoms with Crippen LogP contribution in [0.25, 0.3) is 0 Å². The summed E-state index contributed by atoms with van der Waals surface area (Å²) in [5, 5.41) is 3.91. The predicted octanol–water partition coefficient (Wildman–Crippen LogP) is 3.26. The number of hydrogen-bond donors (Lipinski definition) is 0. The first-order valence-electron chi connectivity index (χ1n) is 4.74. The fraction of sp³-hybridized carbons (Fsp3) is 0.778. The summed E-state index contributed by atoms with van der Waals surface area (Å²) in [6, 6.07) is 0. The van der Waals surface area contributed by atoms with Crippen molar-refractivity contribution in [2.75, 3.05) is 0 Å². The summed E-state index contributed by atoms with van der Waals surface area (Å²) in [4.78, 5) is 4.50. The van der Waals surface area contributed by atoms with Gasteiger partial charge >= 0.3 is 0 Å². The number of nitrogens with zero attached hydrogens (tertiary/aromatic N) is 2. The first kappa shape index (κ1) is 10.7. The van der Waals surface area contributed by atoms with Crippen molar-refractivity contribution in [2.45, 2.75) is 44.4 Å². The zero-order chi connectivity index (χ0) is 9.68. The summed E-state index contributed by atoms with van der Waals surface area (Å²) in [5.74, 6) is 1.53. The number of rotatable bonds is 5. The molecular formula is C9H15BrN2O. The molecule has 1 aromatic heterocycles. The molecule has 0 spiro atoms. The lowest BCUT2D eigenvalue weighted by Crippen LogP contribution is -1.90. The molecule has 0 aliphatic rings. The third-order valence-corrected chi connectivity index (χ3v) is 2.90. The summed E-state index contributed by atoms with van der Waals surface area (Å²) in [6.45, 7) is 4.23. The van der Waals surface area contributed by atoms with E-state index in [0.29, 0.717) is 5.89 Å². The third-order valence-electron chi connectivity index (χ3n) is 1.86. The summed E-state index contributed by atoms with van der Waals surface area (Å²) in [6.07, 6.45) is 4.17. The molecular weight excluding hydrogens is 232 g/mol. The molecule has 74 valence electrons. The molecule has 0 radical (unpaired) electrons. The van der Waals surface area contributed by atoms with E-state index in [1.807, 2.05) is 0 Å². The van der Waals surface area contributed by atoms with E-state index >= 15 is 0 Å². The second kappa shape index (κ2) is 5.37. The Labute approximate surface area is 87.0 Å². The SMILES string of the molecule is CCCCc1noc(C(Br)CC)n1.